The summed E-state index contributed by atoms with van der Waals surface area (Å²) in [4.78, 5) is 23.6. The van der Waals surface area contributed by atoms with Crippen molar-refractivity contribution in [3.63, 3.8) is 0 Å². The van der Waals surface area contributed by atoms with E-state index >= 15 is 0 Å². The van der Waals surface area contributed by atoms with E-state index in [4.69, 9.17) is 9.47 Å². The molecule has 0 saturated heterocycles. The fraction of sp³-hybridized carbons (Fsp3) is 0.263. The molecule has 7 heteroatoms. The Labute approximate surface area is 151 Å². The van der Waals surface area contributed by atoms with E-state index in [0.717, 1.165) is 5.56 Å². The number of halogens is 1. The lowest BCUT2D eigenvalue weighted by molar-refractivity contribution is -0.133. The summed E-state index contributed by atoms with van der Waals surface area (Å²) >= 11 is 0. The zero-order valence-corrected chi connectivity index (χ0v) is 14.6. The van der Waals surface area contributed by atoms with Crippen LogP contribution in [0.25, 0.3) is 0 Å². The molecule has 138 valence electrons. The van der Waals surface area contributed by atoms with E-state index in [1.54, 1.807) is 6.07 Å². The van der Waals surface area contributed by atoms with Gasteiger partial charge in [-0.05, 0) is 38.1 Å². The number of nitrogens with one attached hydrogen (secondary N) is 2. The second-order valence-corrected chi connectivity index (χ2v) is 5.64. The first-order valence-electron chi connectivity index (χ1n) is 8.15. The fourth-order valence-corrected chi connectivity index (χ4v) is 1.98. The van der Waals surface area contributed by atoms with E-state index in [2.05, 4.69) is 10.9 Å². The highest BCUT2D eigenvalue weighted by atomic mass is 19.1. The number of hydrogen-bond acceptors (Lipinski definition) is 4. The lowest BCUT2D eigenvalue weighted by Crippen LogP contribution is -2.47. The predicted molar refractivity (Wildman–Crippen MR) is 94.1 cm³/mol. The lowest BCUT2D eigenvalue weighted by Gasteiger charge is -2.15. The molecule has 0 spiro atoms. The summed E-state index contributed by atoms with van der Waals surface area (Å²) in [6.45, 7) is 3.59. The zero-order chi connectivity index (χ0) is 18.9. The largest absolute Gasteiger partial charge is 0.493 e. The van der Waals surface area contributed by atoms with Crippen LogP contribution in [0, 0.1) is 12.7 Å². The summed E-state index contributed by atoms with van der Waals surface area (Å²) in [5, 5.41) is 0. The van der Waals surface area contributed by atoms with Crippen molar-refractivity contribution in [3.05, 3.63) is 59.9 Å². The van der Waals surface area contributed by atoms with Gasteiger partial charge in [-0.1, -0.05) is 29.8 Å². The van der Waals surface area contributed by atoms with Crippen molar-refractivity contribution in [1.29, 1.82) is 0 Å². The first-order chi connectivity index (χ1) is 12.5. The van der Waals surface area contributed by atoms with Crippen LogP contribution < -0.4 is 20.3 Å². The number of rotatable bonds is 7. The Balaban J connectivity index is 1.68. The van der Waals surface area contributed by atoms with E-state index < -0.39 is 23.7 Å². The van der Waals surface area contributed by atoms with Crippen molar-refractivity contribution in [2.75, 3.05) is 6.61 Å². The summed E-state index contributed by atoms with van der Waals surface area (Å²) in [7, 11) is 0. The molecule has 0 radical (unpaired) electrons. The first-order valence-corrected chi connectivity index (χ1v) is 8.15. The molecule has 1 unspecified atom stereocenters. The van der Waals surface area contributed by atoms with Gasteiger partial charge in [0.2, 0.25) is 5.91 Å². The number of para-hydroxylation sites is 1. The van der Waals surface area contributed by atoms with E-state index in [0.29, 0.717) is 5.75 Å². The van der Waals surface area contributed by atoms with E-state index in [1.807, 2.05) is 31.2 Å². The maximum absolute atomic E-state index is 13.5. The third kappa shape index (κ3) is 6.08. The van der Waals surface area contributed by atoms with Crippen LogP contribution in [0.2, 0.25) is 0 Å². The van der Waals surface area contributed by atoms with Crippen molar-refractivity contribution in [2.24, 2.45) is 0 Å². The summed E-state index contributed by atoms with van der Waals surface area (Å²) in [5.74, 6) is -0.943. The molecule has 2 aromatic carbocycles. The third-order valence-corrected chi connectivity index (χ3v) is 3.45. The van der Waals surface area contributed by atoms with Gasteiger partial charge in [0.1, 0.15) is 5.75 Å². The quantitative estimate of drug-likeness (QED) is 0.744. The molecule has 6 nitrogen and oxygen atoms in total. The van der Waals surface area contributed by atoms with Crippen LogP contribution in [-0.2, 0) is 9.59 Å². The molecular formula is C19H21FN2O4. The average Bonchev–Trinajstić information content (AvgIpc) is 2.63. The molecular weight excluding hydrogens is 339 g/mol. The van der Waals surface area contributed by atoms with Gasteiger partial charge in [0.15, 0.2) is 17.7 Å². The normalized spacial score (nSPS) is 11.3. The highest BCUT2D eigenvalue weighted by Gasteiger charge is 2.17. The van der Waals surface area contributed by atoms with Gasteiger partial charge in [0.05, 0.1) is 13.0 Å². The molecule has 2 amide bonds. The maximum Gasteiger partial charge on any atom is 0.279 e. The van der Waals surface area contributed by atoms with Crippen LogP contribution in [0.4, 0.5) is 4.39 Å². The van der Waals surface area contributed by atoms with Crippen LogP contribution in [0.3, 0.4) is 0 Å². The molecule has 2 aromatic rings. The second kappa shape index (κ2) is 9.41. The number of hydrazine groups is 1. The fourth-order valence-electron chi connectivity index (χ4n) is 1.98. The molecule has 0 aliphatic heterocycles. The van der Waals surface area contributed by atoms with Gasteiger partial charge >= 0.3 is 0 Å². The van der Waals surface area contributed by atoms with Crippen molar-refractivity contribution in [2.45, 2.75) is 26.4 Å². The monoisotopic (exact) mass is 360 g/mol. The Bertz CT molecular complexity index is 749. The van der Waals surface area contributed by atoms with E-state index in [-0.39, 0.29) is 18.8 Å². The van der Waals surface area contributed by atoms with Crippen LogP contribution >= 0.6 is 0 Å². The van der Waals surface area contributed by atoms with Crippen LogP contribution in [0.15, 0.2) is 48.5 Å². The Morgan fingerprint density at radius 3 is 2.46 bits per heavy atom. The highest BCUT2D eigenvalue weighted by molar-refractivity contribution is 5.84. The zero-order valence-electron chi connectivity index (χ0n) is 14.6. The molecule has 0 fully saturated rings. The molecule has 0 bridgehead atoms. The van der Waals surface area contributed by atoms with Gasteiger partial charge in [-0.2, -0.15) is 0 Å². The van der Waals surface area contributed by atoms with Crippen molar-refractivity contribution < 1.29 is 23.5 Å². The summed E-state index contributed by atoms with van der Waals surface area (Å²) in [6.07, 6.45) is -0.910. The Morgan fingerprint density at radius 1 is 1.08 bits per heavy atom. The number of carbonyl (C=O) groups excluding carboxylic acids is 2. The summed E-state index contributed by atoms with van der Waals surface area (Å²) in [5.41, 5.74) is 5.62. The van der Waals surface area contributed by atoms with Gasteiger partial charge < -0.3 is 9.47 Å². The molecule has 2 N–H and O–H groups in total. The Hall–Kier alpha value is -3.09. The molecule has 1 atom stereocenters. The molecule has 0 aliphatic carbocycles. The predicted octanol–water partition coefficient (Wildman–Crippen LogP) is 2.52. The standard InChI is InChI=1S/C19H21FN2O4/c1-13-7-9-15(10-8-13)25-12-11-18(23)21-22-19(24)14(2)26-17-6-4-3-5-16(17)20/h3-10,14H,11-12H2,1-2H3,(H,21,23)(H,22,24). The minimum atomic E-state index is -0.976. The number of benzene rings is 2. The van der Waals surface area contributed by atoms with E-state index in [1.165, 1.54) is 25.1 Å². The molecule has 0 aromatic heterocycles. The van der Waals surface area contributed by atoms with Gasteiger partial charge in [0, 0.05) is 0 Å². The van der Waals surface area contributed by atoms with Gasteiger partial charge in [-0.25, -0.2) is 4.39 Å². The average molecular weight is 360 g/mol. The molecule has 26 heavy (non-hydrogen) atoms. The van der Waals surface area contributed by atoms with Crippen LogP contribution in [-0.4, -0.2) is 24.5 Å². The SMILES string of the molecule is Cc1ccc(OCCC(=O)NNC(=O)C(C)Oc2ccccc2F)cc1. The molecule has 0 aliphatic rings. The summed E-state index contributed by atoms with van der Waals surface area (Å²) in [6, 6.07) is 13.2. The lowest BCUT2D eigenvalue weighted by atomic mass is 10.2. The van der Waals surface area contributed by atoms with Crippen LogP contribution in [0.5, 0.6) is 11.5 Å². The number of aryl methyl sites for hydroxylation is 1. The van der Waals surface area contributed by atoms with Crippen molar-refractivity contribution in [1.82, 2.24) is 10.9 Å². The number of amides is 2. The molecule has 0 heterocycles. The maximum atomic E-state index is 13.5. The molecule has 2 rings (SSSR count). The Morgan fingerprint density at radius 2 is 1.77 bits per heavy atom. The minimum absolute atomic E-state index is 0.0343. The number of carbonyl (C=O) groups is 2. The Kier molecular flexibility index (Phi) is 6.96. The van der Waals surface area contributed by atoms with Gasteiger partial charge in [0.25, 0.3) is 5.91 Å². The number of hydrogen-bond donors (Lipinski definition) is 2. The highest BCUT2D eigenvalue weighted by Crippen LogP contribution is 2.16. The smallest absolute Gasteiger partial charge is 0.279 e. The van der Waals surface area contributed by atoms with Gasteiger partial charge in [-0.3, -0.25) is 20.4 Å². The summed E-state index contributed by atoms with van der Waals surface area (Å²) < 4.78 is 24.2. The first kappa shape index (κ1) is 19.2. The molecule has 0 saturated carbocycles. The number of ether oxygens (including phenoxy) is 2. The minimum Gasteiger partial charge on any atom is -0.493 e. The van der Waals surface area contributed by atoms with Crippen LogP contribution in [0.1, 0.15) is 18.9 Å². The van der Waals surface area contributed by atoms with Crippen molar-refractivity contribution >= 4 is 11.8 Å². The van der Waals surface area contributed by atoms with Gasteiger partial charge in [-0.15, -0.1) is 0 Å². The van der Waals surface area contributed by atoms with Crippen molar-refractivity contribution in [3.8, 4) is 11.5 Å². The second-order valence-electron chi connectivity index (χ2n) is 5.64. The van der Waals surface area contributed by atoms with E-state index in [9.17, 15) is 14.0 Å². The third-order valence-electron chi connectivity index (χ3n) is 3.45. The topological polar surface area (TPSA) is 76.7 Å².